The molecular weight excluding hydrogens is 390 g/mol. The van der Waals surface area contributed by atoms with Gasteiger partial charge in [-0.15, -0.1) is 0 Å². The van der Waals surface area contributed by atoms with Crippen LogP contribution in [0.15, 0.2) is 59.4 Å². The molecule has 1 N–H and O–H groups in total. The third-order valence-corrected chi connectivity index (χ3v) is 5.69. The third-order valence-electron chi connectivity index (χ3n) is 5.69. The molecule has 6 heteroatoms. The van der Waals surface area contributed by atoms with Gasteiger partial charge in [0.15, 0.2) is 0 Å². The van der Waals surface area contributed by atoms with Crippen molar-refractivity contribution >= 4 is 5.65 Å². The van der Waals surface area contributed by atoms with Crippen LogP contribution in [-0.2, 0) is 6.54 Å². The quantitative estimate of drug-likeness (QED) is 0.518. The summed E-state index contributed by atoms with van der Waals surface area (Å²) >= 11 is 0. The highest BCUT2D eigenvalue weighted by Gasteiger charge is 2.16. The van der Waals surface area contributed by atoms with Crippen LogP contribution in [0.1, 0.15) is 22.4 Å². The van der Waals surface area contributed by atoms with Gasteiger partial charge in [-0.1, -0.05) is 42.5 Å². The molecule has 1 atom stereocenters. The van der Waals surface area contributed by atoms with Gasteiger partial charge in [0.25, 0.3) is 5.56 Å². The first-order valence-corrected chi connectivity index (χ1v) is 10.4. The van der Waals surface area contributed by atoms with Gasteiger partial charge in [0.05, 0.1) is 12.2 Å². The molecule has 2 heterocycles. The summed E-state index contributed by atoms with van der Waals surface area (Å²) in [5.41, 5.74) is 6.14. The Morgan fingerprint density at radius 2 is 1.71 bits per heavy atom. The van der Waals surface area contributed by atoms with Gasteiger partial charge in [0.1, 0.15) is 24.1 Å². The molecule has 0 amide bonds. The highest BCUT2D eigenvalue weighted by molar-refractivity contribution is 5.64. The second-order valence-electron chi connectivity index (χ2n) is 8.02. The fraction of sp³-hybridized carbons (Fsp3) is 0.280. The Morgan fingerprint density at radius 3 is 2.45 bits per heavy atom. The summed E-state index contributed by atoms with van der Waals surface area (Å²) in [5, 5.41) is 15.2. The average Bonchev–Trinajstić information content (AvgIpc) is 3.20. The number of rotatable bonds is 6. The number of aromatic nitrogens is 3. The molecule has 0 aliphatic rings. The van der Waals surface area contributed by atoms with E-state index in [4.69, 9.17) is 4.74 Å². The summed E-state index contributed by atoms with van der Waals surface area (Å²) in [7, 11) is 0. The number of aryl methyl sites for hydroxylation is 3. The van der Waals surface area contributed by atoms with Gasteiger partial charge in [0, 0.05) is 23.4 Å². The van der Waals surface area contributed by atoms with Crippen molar-refractivity contribution in [1.82, 2.24) is 14.2 Å². The molecule has 31 heavy (non-hydrogen) atoms. The van der Waals surface area contributed by atoms with Crippen molar-refractivity contribution in [2.75, 3.05) is 6.61 Å². The lowest BCUT2D eigenvalue weighted by molar-refractivity contribution is 0.0919. The molecule has 0 spiro atoms. The van der Waals surface area contributed by atoms with Crippen molar-refractivity contribution in [1.29, 1.82) is 0 Å². The monoisotopic (exact) mass is 417 g/mol. The van der Waals surface area contributed by atoms with Crippen LogP contribution in [-0.4, -0.2) is 32.0 Å². The van der Waals surface area contributed by atoms with Crippen molar-refractivity contribution in [3.05, 3.63) is 87.3 Å². The maximum absolute atomic E-state index is 12.5. The summed E-state index contributed by atoms with van der Waals surface area (Å²) in [6.45, 7) is 8.38. The molecule has 2 aromatic heterocycles. The summed E-state index contributed by atoms with van der Waals surface area (Å²) in [6.07, 6.45) is -0.751. The molecule has 0 unspecified atom stereocenters. The number of hydrogen-bond donors (Lipinski definition) is 1. The SMILES string of the molecule is Cc1ccc(C)c(OC[C@H](O)Cn2c(C)cc(=O)n3nc(-c4ccccc4)cc23)c1C. The van der Waals surface area contributed by atoms with Gasteiger partial charge in [0.2, 0.25) is 0 Å². The Bertz CT molecular complexity index is 1290. The van der Waals surface area contributed by atoms with Crippen LogP contribution in [0.4, 0.5) is 0 Å². The van der Waals surface area contributed by atoms with Gasteiger partial charge in [-0.05, 0) is 44.4 Å². The minimum Gasteiger partial charge on any atom is -0.490 e. The molecule has 2 aromatic carbocycles. The first kappa shape index (κ1) is 20.9. The van der Waals surface area contributed by atoms with Gasteiger partial charge in [-0.25, -0.2) is 0 Å². The molecule has 0 fully saturated rings. The lowest BCUT2D eigenvalue weighted by Crippen LogP contribution is -2.28. The molecule has 160 valence electrons. The third kappa shape index (κ3) is 4.11. The van der Waals surface area contributed by atoms with Crippen molar-refractivity contribution < 1.29 is 9.84 Å². The first-order valence-electron chi connectivity index (χ1n) is 10.4. The number of aliphatic hydroxyl groups is 1. The molecule has 0 radical (unpaired) electrons. The molecule has 0 saturated carbocycles. The van der Waals surface area contributed by atoms with Gasteiger partial charge in [-0.3, -0.25) is 4.79 Å². The second kappa shape index (κ2) is 8.40. The Labute approximate surface area is 181 Å². The van der Waals surface area contributed by atoms with Crippen molar-refractivity contribution in [3.8, 4) is 17.0 Å². The van der Waals surface area contributed by atoms with Crippen LogP contribution in [0.2, 0.25) is 0 Å². The summed E-state index contributed by atoms with van der Waals surface area (Å²) in [5.74, 6) is 0.816. The Hall–Kier alpha value is -3.38. The lowest BCUT2D eigenvalue weighted by atomic mass is 10.1. The van der Waals surface area contributed by atoms with E-state index in [1.54, 1.807) is 0 Å². The number of ether oxygens (including phenoxy) is 1. The number of nitrogens with zero attached hydrogens (tertiary/aromatic N) is 3. The van der Waals surface area contributed by atoms with Gasteiger partial charge < -0.3 is 14.4 Å². The summed E-state index contributed by atoms with van der Waals surface area (Å²) in [6, 6.07) is 17.2. The number of hydrogen-bond acceptors (Lipinski definition) is 4. The van der Waals surface area contributed by atoms with E-state index in [1.807, 2.05) is 74.7 Å². The van der Waals surface area contributed by atoms with E-state index in [0.717, 1.165) is 33.7 Å². The van der Waals surface area contributed by atoms with Crippen LogP contribution in [0, 0.1) is 27.7 Å². The van der Waals surface area contributed by atoms with Crippen LogP contribution in [0.3, 0.4) is 0 Å². The maximum atomic E-state index is 12.5. The molecule has 4 aromatic rings. The topological polar surface area (TPSA) is 68.8 Å². The van der Waals surface area contributed by atoms with E-state index in [9.17, 15) is 9.90 Å². The van der Waals surface area contributed by atoms with E-state index < -0.39 is 6.10 Å². The Kier molecular flexibility index (Phi) is 5.65. The van der Waals surface area contributed by atoms with Crippen LogP contribution < -0.4 is 10.3 Å². The highest BCUT2D eigenvalue weighted by Crippen LogP contribution is 2.26. The van der Waals surface area contributed by atoms with Crippen LogP contribution in [0.25, 0.3) is 16.9 Å². The summed E-state index contributed by atoms with van der Waals surface area (Å²) in [4.78, 5) is 12.5. The zero-order valence-corrected chi connectivity index (χ0v) is 18.3. The number of aliphatic hydroxyl groups excluding tert-OH is 1. The van der Waals surface area contributed by atoms with Crippen LogP contribution >= 0.6 is 0 Å². The van der Waals surface area contributed by atoms with E-state index >= 15 is 0 Å². The Morgan fingerprint density at radius 1 is 1.00 bits per heavy atom. The minimum absolute atomic E-state index is 0.155. The van der Waals surface area contributed by atoms with Crippen molar-refractivity contribution in [2.24, 2.45) is 0 Å². The van der Waals surface area contributed by atoms with Crippen molar-refractivity contribution in [2.45, 2.75) is 40.3 Å². The predicted octanol–water partition coefficient (Wildman–Crippen LogP) is 3.84. The highest BCUT2D eigenvalue weighted by atomic mass is 16.5. The van der Waals surface area contributed by atoms with Crippen LogP contribution in [0.5, 0.6) is 5.75 Å². The predicted molar refractivity (Wildman–Crippen MR) is 122 cm³/mol. The smallest absolute Gasteiger partial charge is 0.274 e. The maximum Gasteiger partial charge on any atom is 0.274 e. The molecule has 4 rings (SSSR count). The second-order valence-corrected chi connectivity index (χ2v) is 8.02. The van der Waals surface area contributed by atoms with E-state index in [0.29, 0.717) is 17.9 Å². The first-order chi connectivity index (χ1) is 14.8. The summed E-state index contributed by atoms with van der Waals surface area (Å²) < 4.78 is 9.28. The van der Waals surface area contributed by atoms with E-state index in [2.05, 4.69) is 11.2 Å². The minimum atomic E-state index is -0.751. The number of benzene rings is 2. The molecular formula is C25H27N3O3. The average molecular weight is 418 g/mol. The normalized spacial score (nSPS) is 12.3. The molecule has 0 saturated heterocycles. The van der Waals surface area contributed by atoms with Gasteiger partial charge >= 0.3 is 0 Å². The largest absolute Gasteiger partial charge is 0.490 e. The fourth-order valence-corrected chi connectivity index (χ4v) is 3.80. The zero-order chi connectivity index (χ0) is 22.1. The lowest BCUT2D eigenvalue weighted by Gasteiger charge is -2.19. The van der Waals surface area contributed by atoms with E-state index in [1.165, 1.54) is 10.6 Å². The van der Waals surface area contributed by atoms with Crippen molar-refractivity contribution in [3.63, 3.8) is 0 Å². The van der Waals surface area contributed by atoms with E-state index in [-0.39, 0.29) is 12.2 Å². The molecule has 0 aliphatic heterocycles. The zero-order valence-electron chi connectivity index (χ0n) is 18.3. The van der Waals surface area contributed by atoms with Gasteiger partial charge in [-0.2, -0.15) is 9.61 Å². The standard InChI is InChI=1S/C25H27N3O3/c1-16-10-11-17(2)25(19(16)4)31-15-21(29)14-27-18(3)12-24(30)28-23(27)13-22(26-28)20-8-6-5-7-9-20/h5-13,21,29H,14-15H2,1-4H3/t21-/m1/s1. The molecule has 6 nitrogen and oxygen atoms in total. The molecule has 0 bridgehead atoms. The Balaban J connectivity index is 1.61. The number of fused-ring (bicyclic) bond motifs is 1. The fourth-order valence-electron chi connectivity index (χ4n) is 3.80. The molecule has 0 aliphatic carbocycles.